The van der Waals surface area contributed by atoms with E-state index in [4.69, 9.17) is 10.4 Å². The van der Waals surface area contributed by atoms with Crippen molar-refractivity contribution in [2.45, 2.75) is 0 Å². The van der Waals surface area contributed by atoms with Gasteiger partial charge in [-0.25, -0.2) is 14.6 Å². The number of carbonyl (C=O) groups excluding carboxylic acids is 1. The second kappa shape index (κ2) is 6.16. The van der Waals surface area contributed by atoms with Gasteiger partial charge < -0.3 is 15.7 Å². The van der Waals surface area contributed by atoms with Crippen molar-refractivity contribution in [3.63, 3.8) is 0 Å². The third-order valence-corrected chi connectivity index (χ3v) is 2.49. The van der Waals surface area contributed by atoms with Gasteiger partial charge in [0.05, 0.1) is 11.6 Å². The number of aromatic carboxylic acids is 1. The lowest BCUT2D eigenvalue weighted by atomic mass is 10.2. The molecule has 0 aliphatic carbocycles. The molecule has 0 bridgehead atoms. The van der Waals surface area contributed by atoms with Gasteiger partial charge in [-0.05, 0) is 30.3 Å². The van der Waals surface area contributed by atoms with Gasteiger partial charge in [-0.2, -0.15) is 5.26 Å². The Morgan fingerprint density at radius 2 is 1.86 bits per heavy atom. The summed E-state index contributed by atoms with van der Waals surface area (Å²) in [7, 11) is 0. The van der Waals surface area contributed by atoms with E-state index in [0.29, 0.717) is 16.9 Å². The van der Waals surface area contributed by atoms with Gasteiger partial charge in [0.1, 0.15) is 5.69 Å². The van der Waals surface area contributed by atoms with Crippen LogP contribution in [-0.2, 0) is 0 Å². The van der Waals surface area contributed by atoms with Crippen LogP contribution in [0.2, 0.25) is 0 Å². The van der Waals surface area contributed by atoms with Crippen LogP contribution in [0.4, 0.5) is 16.2 Å². The molecule has 0 radical (unpaired) electrons. The highest BCUT2D eigenvalue weighted by Crippen LogP contribution is 2.12. The Morgan fingerprint density at radius 3 is 2.52 bits per heavy atom. The molecule has 2 rings (SSSR count). The molecule has 0 saturated heterocycles. The van der Waals surface area contributed by atoms with E-state index < -0.39 is 12.0 Å². The molecule has 7 heteroatoms. The predicted octanol–water partition coefficient (Wildman–Crippen LogP) is 2.30. The number of pyridine rings is 1. The maximum atomic E-state index is 11.8. The van der Waals surface area contributed by atoms with Crippen LogP contribution in [-0.4, -0.2) is 22.1 Å². The number of nitriles is 1. The minimum atomic E-state index is -1.18. The van der Waals surface area contributed by atoms with Crippen molar-refractivity contribution in [1.29, 1.82) is 5.26 Å². The summed E-state index contributed by atoms with van der Waals surface area (Å²) in [6, 6.07) is 10.5. The standard InChI is InChI=1S/C14H10N4O3/c15-8-9-2-1-3-10(6-9)17-14(21)18-11-4-5-16-12(7-11)13(19)20/h1-7H,(H,19,20)(H2,16,17,18,21). The number of carboxylic acid groups (broad SMARTS) is 1. The number of rotatable bonds is 3. The maximum Gasteiger partial charge on any atom is 0.354 e. The third-order valence-electron chi connectivity index (χ3n) is 2.49. The van der Waals surface area contributed by atoms with Crippen molar-refractivity contribution in [3.8, 4) is 6.07 Å². The molecule has 1 aromatic heterocycles. The second-order valence-electron chi connectivity index (χ2n) is 4.01. The normalized spacial score (nSPS) is 9.48. The SMILES string of the molecule is N#Cc1cccc(NC(=O)Nc2ccnc(C(=O)O)c2)c1. The third kappa shape index (κ3) is 3.78. The zero-order valence-electron chi connectivity index (χ0n) is 10.7. The summed E-state index contributed by atoms with van der Waals surface area (Å²) in [6.07, 6.45) is 1.29. The molecule has 0 fully saturated rings. The molecule has 0 spiro atoms. The molecule has 0 saturated carbocycles. The monoisotopic (exact) mass is 282 g/mol. The number of urea groups is 1. The fraction of sp³-hybridized carbons (Fsp3) is 0. The van der Waals surface area contributed by atoms with Gasteiger partial charge in [-0.3, -0.25) is 0 Å². The lowest BCUT2D eigenvalue weighted by Gasteiger charge is -2.08. The molecule has 1 aromatic carbocycles. The minimum Gasteiger partial charge on any atom is -0.477 e. The van der Waals surface area contributed by atoms with Crippen molar-refractivity contribution in [1.82, 2.24) is 4.98 Å². The molecule has 104 valence electrons. The molecule has 2 aromatic rings. The van der Waals surface area contributed by atoms with Gasteiger partial charge in [-0.15, -0.1) is 0 Å². The number of nitrogens with zero attached hydrogens (tertiary/aromatic N) is 2. The summed E-state index contributed by atoms with van der Waals surface area (Å²) in [5.41, 5.74) is 1.01. The molecule has 7 nitrogen and oxygen atoms in total. The van der Waals surface area contributed by atoms with Crippen LogP contribution in [0.3, 0.4) is 0 Å². The molecule has 1 heterocycles. The van der Waals surface area contributed by atoms with Crippen LogP contribution < -0.4 is 10.6 Å². The smallest absolute Gasteiger partial charge is 0.354 e. The van der Waals surface area contributed by atoms with E-state index in [1.807, 2.05) is 6.07 Å². The number of carbonyl (C=O) groups is 2. The van der Waals surface area contributed by atoms with Gasteiger partial charge in [0.2, 0.25) is 0 Å². The average Bonchev–Trinajstić information content (AvgIpc) is 2.47. The lowest BCUT2D eigenvalue weighted by Crippen LogP contribution is -2.19. The number of amides is 2. The van der Waals surface area contributed by atoms with Crippen LogP contribution in [0.25, 0.3) is 0 Å². The molecule has 3 N–H and O–H groups in total. The highest BCUT2D eigenvalue weighted by Gasteiger charge is 2.07. The highest BCUT2D eigenvalue weighted by atomic mass is 16.4. The quantitative estimate of drug-likeness (QED) is 0.798. The van der Waals surface area contributed by atoms with Gasteiger partial charge in [0.25, 0.3) is 0 Å². The van der Waals surface area contributed by atoms with Gasteiger partial charge in [0.15, 0.2) is 0 Å². The van der Waals surface area contributed by atoms with E-state index >= 15 is 0 Å². The van der Waals surface area contributed by atoms with E-state index in [9.17, 15) is 9.59 Å². The Bertz CT molecular complexity index is 737. The van der Waals surface area contributed by atoms with Crippen molar-refractivity contribution >= 4 is 23.4 Å². The van der Waals surface area contributed by atoms with E-state index in [2.05, 4.69) is 15.6 Å². The van der Waals surface area contributed by atoms with Crippen LogP contribution in [0.1, 0.15) is 16.1 Å². The largest absolute Gasteiger partial charge is 0.477 e. The van der Waals surface area contributed by atoms with Crippen LogP contribution in [0.15, 0.2) is 42.6 Å². The number of aromatic nitrogens is 1. The summed E-state index contributed by atoms with van der Waals surface area (Å²) in [4.78, 5) is 26.2. The molecule has 0 atom stereocenters. The van der Waals surface area contributed by atoms with Crippen LogP contribution in [0.5, 0.6) is 0 Å². The fourth-order valence-electron chi connectivity index (χ4n) is 1.59. The number of nitrogens with one attached hydrogen (secondary N) is 2. The minimum absolute atomic E-state index is 0.167. The molecule has 0 aliphatic heterocycles. The molecular formula is C14H10N4O3. The first kappa shape index (κ1) is 14.0. The number of hydrogen-bond acceptors (Lipinski definition) is 4. The zero-order chi connectivity index (χ0) is 15.2. The topological polar surface area (TPSA) is 115 Å². The molecule has 21 heavy (non-hydrogen) atoms. The van der Waals surface area contributed by atoms with E-state index in [0.717, 1.165) is 0 Å². The highest BCUT2D eigenvalue weighted by molar-refractivity contribution is 6.00. The summed E-state index contributed by atoms with van der Waals surface area (Å²) >= 11 is 0. The van der Waals surface area contributed by atoms with Crippen molar-refractivity contribution < 1.29 is 14.7 Å². The molecule has 0 aliphatic rings. The Kier molecular flexibility index (Phi) is 4.11. The maximum absolute atomic E-state index is 11.8. The van der Waals surface area contributed by atoms with E-state index in [1.54, 1.807) is 18.2 Å². The first-order chi connectivity index (χ1) is 10.1. The van der Waals surface area contributed by atoms with Crippen LogP contribution >= 0.6 is 0 Å². The van der Waals surface area contributed by atoms with E-state index in [1.165, 1.54) is 24.4 Å². The Balaban J connectivity index is 2.06. The number of anilines is 2. The average molecular weight is 282 g/mol. The Morgan fingerprint density at radius 1 is 1.14 bits per heavy atom. The fourth-order valence-corrected chi connectivity index (χ4v) is 1.59. The zero-order valence-corrected chi connectivity index (χ0v) is 10.7. The van der Waals surface area contributed by atoms with Gasteiger partial charge in [-0.1, -0.05) is 6.07 Å². The summed E-state index contributed by atoms with van der Waals surface area (Å²) in [6.45, 7) is 0. The number of hydrogen-bond donors (Lipinski definition) is 3. The number of carboxylic acids is 1. The first-order valence-electron chi connectivity index (χ1n) is 5.86. The van der Waals surface area contributed by atoms with Gasteiger partial charge >= 0.3 is 12.0 Å². The van der Waals surface area contributed by atoms with Crippen LogP contribution in [0, 0.1) is 11.3 Å². The molecular weight excluding hydrogens is 272 g/mol. The van der Waals surface area contributed by atoms with Crippen molar-refractivity contribution in [2.75, 3.05) is 10.6 Å². The second-order valence-corrected chi connectivity index (χ2v) is 4.01. The predicted molar refractivity (Wildman–Crippen MR) is 75.0 cm³/mol. The van der Waals surface area contributed by atoms with E-state index in [-0.39, 0.29) is 5.69 Å². The molecule has 2 amide bonds. The first-order valence-corrected chi connectivity index (χ1v) is 5.86. The Hall–Kier alpha value is -3.40. The van der Waals surface area contributed by atoms with Crippen molar-refractivity contribution in [3.05, 3.63) is 53.9 Å². The number of benzene rings is 1. The molecule has 0 unspecified atom stereocenters. The summed E-state index contributed by atoms with van der Waals surface area (Å²) in [5, 5.41) is 22.6. The summed E-state index contributed by atoms with van der Waals surface area (Å²) < 4.78 is 0. The summed E-state index contributed by atoms with van der Waals surface area (Å²) in [5.74, 6) is -1.18. The van der Waals surface area contributed by atoms with Crippen molar-refractivity contribution in [2.24, 2.45) is 0 Å². The Labute approximate surface area is 119 Å². The van der Waals surface area contributed by atoms with Gasteiger partial charge in [0, 0.05) is 17.6 Å². The lowest BCUT2D eigenvalue weighted by molar-refractivity contribution is 0.0690.